The zero-order valence-corrected chi connectivity index (χ0v) is 13.3. The van der Waals surface area contributed by atoms with Gasteiger partial charge >= 0.3 is 6.18 Å². The van der Waals surface area contributed by atoms with Crippen LogP contribution in [0.15, 0.2) is 18.3 Å². The summed E-state index contributed by atoms with van der Waals surface area (Å²) in [4.78, 5) is 20.1. The van der Waals surface area contributed by atoms with Gasteiger partial charge in [-0.3, -0.25) is 15.6 Å². The molecule has 2 aromatic rings. The number of carbonyl (C=O) groups is 1. The minimum absolute atomic E-state index is 0.0115. The molecule has 0 saturated heterocycles. The van der Waals surface area contributed by atoms with Crippen molar-refractivity contribution in [3.8, 4) is 0 Å². The van der Waals surface area contributed by atoms with E-state index in [0.29, 0.717) is 5.82 Å². The van der Waals surface area contributed by atoms with Gasteiger partial charge < -0.3 is 0 Å². The summed E-state index contributed by atoms with van der Waals surface area (Å²) in [6.45, 7) is 3.70. The minimum Gasteiger partial charge on any atom is -0.280 e. The van der Waals surface area contributed by atoms with Gasteiger partial charge in [0, 0.05) is 5.92 Å². The maximum Gasteiger partial charge on any atom is 0.435 e. The van der Waals surface area contributed by atoms with Crippen molar-refractivity contribution in [3.05, 3.63) is 40.6 Å². The number of aromatic nitrogens is 4. The molecule has 0 aliphatic heterocycles. The Morgan fingerprint density at radius 2 is 1.96 bits per heavy atom. The first-order valence-corrected chi connectivity index (χ1v) is 7.06. The lowest BCUT2D eigenvalue weighted by Gasteiger charge is -2.10. The molecule has 24 heavy (non-hydrogen) atoms. The van der Waals surface area contributed by atoms with Crippen molar-refractivity contribution < 1.29 is 18.0 Å². The Labute approximate surface area is 139 Å². The van der Waals surface area contributed by atoms with Gasteiger partial charge in [0.1, 0.15) is 5.82 Å². The van der Waals surface area contributed by atoms with E-state index in [1.165, 1.54) is 6.20 Å². The minimum atomic E-state index is -4.59. The fourth-order valence-corrected chi connectivity index (χ4v) is 1.73. The van der Waals surface area contributed by atoms with Crippen molar-refractivity contribution >= 4 is 23.3 Å². The Hall–Kier alpha value is -2.49. The molecule has 1 amide bonds. The summed E-state index contributed by atoms with van der Waals surface area (Å²) >= 11 is 5.88. The highest BCUT2D eigenvalue weighted by Crippen LogP contribution is 2.27. The molecule has 0 atom stereocenters. The van der Waals surface area contributed by atoms with E-state index < -0.39 is 17.8 Å². The first-order valence-electron chi connectivity index (χ1n) is 6.68. The number of nitrogens with zero attached hydrogens (tertiary/aromatic N) is 4. The van der Waals surface area contributed by atoms with Crippen LogP contribution in [-0.2, 0) is 6.18 Å². The summed E-state index contributed by atoms with van der Waals surface area (Å²) in [5.74, 6) is -0.349. The second-order valence-electron chi connectivity index (χ2n) is 4.96. The van der Waals surface area contributed by atoms with Crippen LogP contribution in [0.25, 0.3) is 0 Å². The highest BCUT2D eigenvalue weighted by Gasteiger charge is 2.32. The molecule has 0 aliphatic carbocycles. The molecule has 128 valence electrons. The van der Waals surface area contributed by atoms with Crippen LogP contribution in [0.5, 0.6) is 0 Å². The number of hydrogen-bond donors (Lipinski definition) is 2. The Kier molecular flexibility index (Phi) is 5.17. The number of amides is 1. The van der Waals surface area contributed by atoms with Crippen LogP contribution in [0, 0.1) is 0 Å². The monoisotopic (exact) mass is 360 g/mol. The van der Waals surface area contributed by atoms with E-state index in [2.05, 4.69) is 31.0 Å². The average molecular weight is 361 g/mol. The Morgan fingerprint density at radius 3 is 2.50 bits per heavy atom. The molecule has 0 bridgehead atoms. The van der Waals surface area contributed by atoms with Crippen LogP contribution >= 0.6 is 11.6 Å². The lowest BCUT2D eigenvalue weighted by atomic mass is 10.2. The number of rotatable bonds is 4. The summed E-state index contributed by atoms with van der Waals surface area (Å²) in [5, 5.41) is 6.37. The summed E-state index contributed by atoms with van der Waals surface area (Å²) in [6.07, 6.45) is -3.28. The molecule has 2 aromatic heterocycles. The smallest absolute Gasteiger partial charge is 0.280 e. The van der Waals surface area contributed by atoms with Gasteiger partial charge in [-0.05, 0) is 12.1 Å². The van der Waals surface area contributed by atoms with Gasteiger partial charge in [0.25, 0.3) is 5.91 Å². The molecule has 0 aliphatic rings. The van der Waals surface area contributed by atoms with Gasteiger partial charge in [0.15, 0.2) is 17.2 Å². The zero-order chi connectivity index (χ0) is 17.9. The number of halogens is 4. The van der Waals surface area contributed by atoms with E-state index in [9.17, 15) is 18.0 Å². The topological polar surface area (TPSA) is 92.7 Å². The van der Waals surface area contributed by atoms with Crippen LogP contribution in [-0.4, -0.2) is 26.1 Å². The largest absolute Gasteiger partial charge is 0.435 e. The fourth-order valence-electron chi connectivity index (χ4n) is 1.55. The summed E-state index contributed by atoms with van der Waals surface area (Å²) in [5.41, 5.74) is 3.36. The average Bonchev–Trinajstić information content (AvgIpc) is 2.52. The maximum atomic E-state index is 12.4. The van der Waals surface area contributed by atoms with E-state index in [1.807, 2.05) is 13.8 Å². The Balaban J connectivity index is 2.07. The number of anilines is 1. The Bertz CT molecular complexity index is 735. The quantitative estimate of drug-likeness (QED) is 0.814. The van der Waals surface area contributed by atoms with Gasteiger partial charge in [-0.15, -0.1) is 10.2 Å². The highest BCUT2D eigenvalue weighted by atomic mass is 35.5. The van der Waals surface area contributed by atoms with Gasteiger partial charge in [-0.1, -0.05) is 25.4 Å². The predicted octanol–water partition coefficient (Wildman–Crippen LogP) is 2.82. The molecular weight excluding hydrogens is 349 g/mol. The van der Waals surface area contributed by atoms with Crippen molar-refractivity contribution in [2.75, 3.05) is 5.43 Å². The van der Waals surface area contributed by atoms with E-state index in [1.54, 1.807) is 0 Å². The van der Waals surface area contributed by atoms with Crippen LogP contribution in [0.2, 0.25) is 5.02 Å². The predicted molar refractivity (Wildman–Crippen MR) is 79.3 cm³/mol. The molecule has 7 nitrogen and oxygen atoms in total. The van der Waals surface area contributed by atoms with E-state index in [-0.39, 0.29) is 22.5 Å². The molecule has 0 saturated carbocycles. The highest BCUT2D eigenvalue weighted by molar-refractivity contribution is 6.33. The van der Waals surface area contributed by atoms with E-state index >= 15 is 0 Å². The molecule has 0 fully saturated rings. The number of carbonyl (C=O) groups excluding carboxylic acids is 1. The SMILES string of the molecule is CC(C)c1ncc(Cl)c(C(=O)NNc2ccc(C(F)(F)F)nn2)n1. The van der Waals surface area contributed by atoms with Crippen LogP contribution in [0.1, 0.15) is 41.8 Å². The first-order chi connectivity index (χ1) is 11.2. The van der Waals surface area contributed by atoms with E-state index in [4.69, 9.17) is 11.6 Å². The molecule has 2 N–H and O–H groups in total. The van der Waals surface area contributed by atoms with E-state index in [0.717, 1.165) is 12.1 Å². The number of hydrazine groups is 1. The second-order valence-corrected chi connectivity index (χ2v) is 5.37. The molecule has 0 unspecified atom stereocenters. The Morgan fingerprint density at radius 1 is 1.25 bits per heavy atom. The molecule has 11 heteroatoms. The molecular formula is C13H12ClF3N6O. The van der Waals surface area contributed by atoms with Gasteiger partial charge in [-0.25, -0.2) is 9.97 Å². The number of hydrogen-bond acceptors (Lipinski definition) is 6. The van der Waals surface area contributed by atoms with Crippen molar-refractivity contribution in [3.63, 3.8) is 0 Å². The van der Waals surface area contributed by atoms with Gasteiger partial charge in [0.05, 0.1) is 11.2 Å². The fraction of sp³-hybridized carbons (Fsp3) is 0.308. The van der Waals surface area contributed by atoms with Gasteiger partial charge in [0.2, 0.25) is 0 Å². The molecule has 0 aromatic carbocycles. The standard InChI is InChI=1S/C13H12ClF3N6O/c1-6(2)11-18-5-7(14)10(19-11)12(24)23-22-9-4-3-8(20-21-9)13(15,16)17/h3-6H,1-2H3,(H,21,22)(H,23,24). The van der Waals surface area contributed by atoms with Crippen molar-refractivity contribution in [2.45, 2.75) is 25.9 Å². The molecule has 2 heterocycles. The maximum absolute atomic E-state index is 12.4. The van der Waals surface area contributed by atoms with Gasteiger partial charge in [-0.2, -0.15) is 13.2 Å². The normalized spacial score (nSPS) is 11.5. The van der Waals surface area contributed by atoms with Crippen LogP contribution < -0.4 is 10.9 Å². The van der Waals surface area contributed by atoms with Crippen LogP contribution in [0.3, 0.4) is 0 Å². The third kappa shape index (κ3) is 4.28. The van der Waals surface area contributed by atoms with Crippen LogP contribution in [0.4, 0.5) is 19.0 Å². The van der Waals surface area contributed by atoms with Crippen molar-refractivity contribution in [2.24, 2.45) is 0 Å². The lowest BCUT2D eigenvalue weighted by Crippen LogP contribution is -2.31. The number of nitrogens with one attached hydrogen (secondary N) is 2. The second kappa shape index (κ2) is 6.95. The summed E-state index contributed by atoms with van der Waals surface area (Å²) < 4.78 is 37.1. The summed E-state index contributed by atoms with van der Waals surface area (Å²) in [7, 11) is 0. The molecule has 2 rings (SSSR count). The lowest BCUT2D eigenvalue weighted by molar-refractivity contribution is -0.141. The zero-order valence-electron chi connectivity index (χ0n) is 12.5. The molecule has 0 radical (unpaired) electrons. The van der Waals surface area contributed by atoms with Crippen molar-refractivity contribution in [1.82, 2.24) is 25.6 Å². The molecule has 0 spiro atoms. The number of alkyl halides is 3. The first kappa shape index (κ1) is 17.9. The summed E-state index contributed by atoms with van der Waals surface area (Å²) in [6, 6.07) is 1.76. The van der Waals surface area contributed by atoms with Crippen molar-refractivity contribution in [1.29, 1.82) is 0 Å². The third-order valence-corrected chi connectivity index (χ3v) is 3.03. The third-order valence-electron chi connectivity index (χ3n) is 2.75.